The summed E-state index contributed by atoms with van der Waals surface area (Å²) in [6, 6.07) is 9.48. The van der Waals surface area contributed by atoms with Crippen molar-refractivity contribution < 1.29 is 22.7 Å². The number of nitrogens with one attached hydrogen (secondary N) is 1. The van der Waals surface area contributed by atoms with Gasteiger partial charge in [0.1, 0.15) is 5.75 Å². The summed E-state index contributed by atoms with van der Waals surface area (Å²) < 4.78 is 47.3. The zero-order chi connectivity index (χ0) is 31.3. The fourth-order valence-electron chi connectivity index (χ4n) is 5.22. The number of amides is 1. The van der Waals surface area contributed by atoms with Gasteiger partial charge in [-0.2, -0.15) is 13.2 Å². The number of aromatic nitrogens is 1. The van der Waals surface area contributed by atoms with Gasteiger partial charge in [0.2, 0.25) is 0 Å². The Labute approximate surface area is 250 Å². The number of pyridine rings is 1. The number of nitrogens with zero attached hydrogens (tertiary/aromatic N) is 4. The molecule has 1 aliphatic rings. The third kappa shape index (κ3) is 7.85. The molecule has 0 spiro atoms. The zero-order valence-corrected chi connectivity index (χ0v) is 25.3. The third-order valence-electron chi connectivity index (χ3n) is 7.66. The van der Waals surface area contributed by atoms with Gasteiger partial charge in [-0.1, -0.05) is 12.5 Å². The van der Waals surface area contributed by atoms with Crippen molar-refractivity contribution in [2.45, 2.75) is 45.8 Å². The van der Waals surface area contributed by atoms with Crippen LogP contribution in [-0.4, -0.2) is 55.0 Å². The number of rotatable bonds is 9. The number of hydrazine groups is 1. The number of carbonyl (C=O) groups is 1. The molecule has 8 nitrogen and oxygen atoms in total. The van der Waals surface area contributed by atoms with Crippen molar-refractivity contribution in [3.05, 3.63) is 88.4 Å². The molecule has 230 valence electrons. The quantitative estimate of drug-likeness (QED) is 0.225. The number of likely N-dealkylation sites (tertiary alicyclic amines) is 1. The number of benzene rings is 2. The molecule has 0 bridgehead atoms. The Kier molecular flexibility index (Phi) is 9.98. The molecule has 1 saturated heterocycles. The molecule has 2 heterocycles. The molecule has 11 heteroatoms. The van der Waals surface area contributed by atoms with E-state index in [1.807, 2.05) is 32.0 Å². The Morgan fingerprint density at radius 2 is 1.79 bits per heavy atom. The molecule has 1 aliphatic heterocycles. The highest BCUT2D eigenvalue weighted by Gasteiger charge is 2.34. The van der Waals surface area contributed by atoms with Crippen LogP contribution in [0.3, 0.4) is 0 Å². The smallest absolute Gasteiger partial charge is 0.416 e. The molecule has 1 aromatic heterocycles. The van der Waals surface area contributed by atoms with Crippen LogP contribution in [0.2, 0.25) is 0 Å². The number of nitrogens with two attached hydrogens (primary N) is 1. The lowest BCUT2D eigenvalue weighted by atomic mass is 9.99. The number of halogens is 3. The Balaban J connectivity index is 1.63. The SMILES string of the molecule is COc1cncc(/C(=C/N(N)c2cc(C(=O)Nc3cc(CN4CCCCC4)c(C)c(C(F)(F)F)c3)ccc2C)N(C)C)c1. The molecule has 0 aliphatic carbocycles. The number of carbonyl (C=O) groups excluding carboxylic acids is 1. The van der Waals surface area contributed by atoms with E-state index in [1.54, 1.807) is 50.0 Å². The predicted molar refractivity (Wildman–Crippen MR) is 164 cm³/mol. The van der Waals surface area contributed by atoms with E-state index >= 15 is 0 Å². The summed E-state index contributed by atoms with van der Waals surface area (Å²) in [5.41, 5.74) is 3.20. The average molecular weight is 597 g/mol. The number of piperidine rings is 1. The van der Waals surface area contributed by atoms with Gasteiger partial charge in [-0.3, -0.25) is 19.7 Å². The fourth-order valence-corrected chi connectivity index (χ4v) is 5.22. The number of ether oxygens (including phenoxy) is 1. The molecule has 3 N–H and O–H groups in total. The summed E-state index contributed by atoms with van der Waals surface area (Å²) in [4.78, 5) is 21.6. The minimum absolute atomic E-state index is 0.0991. The molecule has 0 saturated carbocycles. The van der Waals surface area contributed by atoms with Gasteiger partial charge < -0.3 is 15.0 Å². The van der Waals surface area contributed by atoms with Gasteiger partial charge >= 0.3 is 6.18 Å². The van der Waals surface area contributed by atoms with Crippen molar-refractivity contribution >= 4 is 23.0 Å². The Morgan fingerprint density at radius 1 is 1.07 bits per heavy atom. The summed E-state index contributed by atoms with van der Waals surface area (Å²) in [6.45, 7) is 5.44. The summed E-state index contributed by atoms with van der Waals surface area (Å²) in [5.74, 6) is 6.53. The second kappa shape index (κ2) is 13.5. The van der Waals surface area contributed by atoms with Crippen molar-refractivity contribution in [1.82, 2.24) is 14.8 Å². The minimum atomic E-state index is -4.55. The van der Waals surface area contributed by atoms with Crippen LogP contribution in [0.1, 0.15) is 57.4 Å². The number of anilines is 2. The average Bonchev–Trinajstić information content (AvgIpc) is 2.97. The molecule has 2 aromatic carbocycles. The highest BCUT2D eigenvalue weighted by atomic mass is 19.4. The summed E-state index contributed by atoms with van der Waals surface area (Å²) in [7, 11) is 5.30. The van der Waals surface area contributed by atoms with E-state index in [4.69, 9.17) is 10.6 Å². The molecule has 1 fully saturated rings. The van der Waals surface area contributed by atoms with E-state index in [2.05, 4.69) is 15.2 Å². The number of aryl methyl sites for hydroxylation is 1. The van der Waals surface area contributed by atoms with Gasteiger partial charge in [0.15, 0.2) is 0 Å². The highest BCUT2D eigenvalue weighted by Crippen LogP contribution is 2.36. The van der Waals surface area contributed by atoms with Gasteiger partial charge in [0.05, 0.1) is 30.3 Å². The molecular formula is C32H39F3N6O2. The van der Waals surface area contributed by atoms with E-state index < -0.39 is 17.6 Å². The van der Waals surface area contributed by atoms with Crippen LogP contribution in [0.15, 0.2) is 55.0 Å². The van der Waals surface area contributed by atoms with Gasteiger partial charge in [0, 0.05) is 49.9 Å². The maximum Gasteiger partial charge on any atom is 0.416 e. The first-order chi connectivity index (χ1) is 20.4. The van der Waals surface area contributed by atoms with Gasteiger partial charge in [0.25, 0.3) is 5.91 Å². The number of hydrogen-bond donors (Lipinski definition) is 2. The first-order valence-electron chi connectivity index (χ1n) is 14.1. The lowest BCUT2D eigenvalue weighted by Crippen LogP contribution is -2.29. The summed E-state index contributed by atoms with van der Waals surface area (Å²) >= 11 is 0. The Bertz CT molecular complexity index is 1480. The van der Waals surface area contributed by atoms with Crippen molar-refractivity contribution in [3.63, 3.8) is 0 Å². The Morgan fingerprint density at radius 3 is 2.44 bits per heavy atom. The van der Waals surface area contributed by atoms with Crippen molar-refractivity contribution in [3.8, 4) is 5.75 Å². The molecule has 1 amide bonds. The minimum Gasteiger partial charge on any atom is -0.495 e. The molecular weight excluding hydrogens is 557 g/mol. The van der Waals surface area contributed by atoms with Gasteiger partial charge in [-0.15, -0.1) is 0 Å². The maximum atomic E-state index is 14.0. The zero-order valence-electron chi connectivity index (χ0n) is 25.3. The van der Waals surface area contributed by atoms with E-state index in [9.17, 15) is 18.0 Å². The van der Waals surface area contributed by atoms with Crippen LogP contribution in [0.4, 0.5) is 24.5 Å². The first-order valence-corrected chi connectivity index (χ1v) is 14.1. The number of alkyl halides is 3. The molecule has 4 rings (SSSR count). The van der Waals surface area contributed by atoms with Crippen LogP contribution < -0.4 is 20.9 Å². The summed E-state index contributed by atoms with van der Waals surface area (Å²) in [5, 5.41) is 4.10. The van der Waals surface area contributed by atoms with E-state index in [-0.39, 0.29) is 16.8 Å². The lowest BCUT2D eigenvalue weighted by molar-refractivity contribution is -0.138. The largest absolute Gasteiger partial charge is 0.495 e. The van der Waals surface area contributed by atoms with Crippen molar-refractivity contribution in [1.29, 1.82) is 0 Å². The van der Waals surface area contributed by atoms with E-state index in [0.717, 1.165) is 55.2 Å². The van der Waals surface area contributed by atoms with E-state index in [1.165, 1.54) is 11.9 Å². The van der Waals surface area contributed by atoms with Gasteiger partial charge in [-0.25, -0.2) is 5.84 Å². The van der Waals surface area contributed by atoms with Crippen molar-refractivity contribution in [2.75, 3.05) is 44.6 Å². The second-order valence-corrected chi connectivity index (χ2v) is 11.0. The lowest BCUT2D eigenvalue weighted by Gasteiger charge is -2.28. The summed E-state index contributed by atoms with van der Waals surface area (Å²) in [6.07, 6.45) is 3.63. The molecule has 43 heavy (non-hydrogen) atoms. The standard InChI is InChI=1S/C32H39F3N6O2/c1-21-9-10-23(15-29(21)41(36)20-30(39(3)4)24-14-27(43-5)18-37-17-24)31(42)38-26-13-25(19-40-11-7-6-8-12-40)22(2)28(16-26)32(33,34)35/h9-10,13-18,20H,6-8,11-12,19,36H2,1-5H3,(H,38,42)/b30-20-. The Hall–Kier alpha value is -4.09. The van der Waals surface area contributed by atoms with Crippen LogP contribution in [-0.2, 0) is 12.7 Å². The molecule has 0 radical (unpaired) electrons. The van der Waals surface area contributed by atoms with Crippen LogP contribution in [0, 0.1) is 13.8 Å². The molecule has 0 atom stereocenters. The van der Waals surface area contributed by atoms with Crippen LogP contribution in [0.5, 0.6) is 5.75 Å². The number of hydrogen-bond acceptors (Lipinski definition) is 7. The molecule has 3 aromatic rings. The predicted octanol–water partition coefficient (Wildman–Crippen LogP) is 6.20. The van der Waals surface area contributed by atoms with Crippen LogP contribution >= 0.6 is 0 Å². The van der Waals surface area contributed by atoms with E-state index in [0.29, 0.717) is 23.5 Å². The maximum absolute atomic E-state index is 14.0. The monoisotopic (exact) mass is 596 g/mol. The third-order valence-corrected chi connectivity index (χ3v) is 7.66. The number of methoxy groups -OCH3 is 1. The highest BCUT2D eigenvalue weighted by molar-refractivity contribution is 6.05. The van der Waals surface area contributed by atoms with Crippen molar-refractivity contribution in [2.24, 2.45) is 5.84 Å². The fraction of sp³-hybridized carbons (Fsp3) is 0.375. The normalized spacial score (nSPS) is 14.4. The molecule has 0 unspecified atom stereocenters. The van der Waals surface area contributed by atoms with Gasteiger partial charge in [-0.05, 0) is 86.8 Å². The topological polar surface area (TPSA) is 87.0 Å². The first kappa shape index (κ1) is 31.8. The second-order valence-electron chi connectivity index (χ2n) is 11.0. The van der Waals surface area contributed by atoms with Crippen LogP contribution in [0.25, 0.3) is 5.70 Å².